The summed E-state index contributed by atoms with van der Waals surface area (Å²) < 4.78 is 10.0. The lowest BCUT2D eigenvalue weighted by Gasteiger charge is -2.24. The van der Waals surface area contributed by atoms with Crippen molar-refractivity contribution in [2.24, 2.45) is 0 Å². The average Bonchev–Trinajstić information content (AvgIpc) is 2.49. The summed E-state index contributed by atoms with van der Waals surface area (Å²) in [6, 6.07) is 0. The summed E-state index contributed by atoms with van der Waals surface area (Å²) in [5.41, 5.74) is -0.539. The lowest BCUT2D eigenvalue weighted by atomic mass is 10.2. The van der Waals surface area contributed by atoms with E-state index in [0.29, 0.717) is 0 Å². The molecule has 0 aromatic rings. The van der Waals surface area contributed by atoms with Gasteiger partial charge in [0.15, 0.2) is 5.78 Å². The topological polar surface area (TPSA) is 72.9 Å². The molecule has 1 aliphatic rings. The fraction of sp³-hybridized carbons (Fsp3) is 0.500. The van der Waals surface area contributed by atoms with Gasteiger partial charge >= 0.3 is 12.1 Å². The van der Waals surface area contributed by atoms with E-state index in [1.54, 1.807) is 27.7 Å². The first-order chi connectivity index (χ1) is 9.23. The molecule has 1 amide bonds. The van der Waals surface area contributed by atoms with Crippen molar-refractivity contribution < 1.29 is 23.9 Å². The van der Waals surface area contributed by atoms with E-state index in [1.807, 2.05) is 0 Å². The van der Waals surface area contributed by atoms with Crippen LogP contribution in [-0.4, -0.2) is 41.5 Å². The minimum Gasteiger partial charge on any atom is -0.463 e. The molecule has 110 valence electrons. The van der Waals surface area contributed by atoms with Gasteiger partial charge in [0.1, 0.15) is 5.60 Å². The van der Waals surface area contributed by atoms with Crippen LogP contribution in [0.15, 0.2) is 23.9 Å². The number of esters is 1. The zero-order chi connectivity index (χ0) is 15.3. The summed E-state index contributed by atoms with van der Waals surface area (Å²) in [5, 5.41) is 0. The fourth-order valence-electron chi connectivity index (χ4n) is 1.46. The second-order valence-electron chi connectivity index (χ2n) is 5.22. The Hall–Kier alpha value is -2.11. The Balaban J connectivity index is 2.87. The summed E-state index contributed by atoms with van der Waals surface area (Å²) in [4.78, 5) is 36.3. The molecule has 1 rings (SSSR count). The van der Waals surface area contributed by atoms with Crippen LogP contribution in [0.2, 0.25) is 0 Å². The molecule has 0 radical (unpaired) electrons. The summed E-state index contributed by atoms with van der Waals surface area (Å²) in [5.74, 6) is -0.989. The van der Waals surface area contributed by atoms with E-state index in [4.69, 9.17) is 9.47 Å². The lowest BCUT2D eigenvalue weighted by Crippen LogP contribution is -2.35. The molecule has 6 heteroatoms. The van der Waals surface area contributed by atoms with Gasteiger partial charge < -0.3 is 9.47 Å². The van der Waals surface area contributed by atoms with Crippen molar-refractivity contribution in [3.63, 3.8) is 0 Å². The maximum absolute atomic E-state index is 12.0. The Bertz CT molecular complexity index is 470. The fourth-order valence-corrected chi connectivity index (χ4v) is 1.46. The van der Waals surface area contributed by atoms with Gasteiger partial charge in [0, 0.05) is 12.3 Å². The van der Waals surface area contributed by atoms with Gasteiger partial charge in [-0.2, -0.15) is 0 Å². The van der Waals surface area contributed by atoms with E-state index in [-0.39, 0.29) is 24.5 Å². The highest BCUT2D eigenvalue weighted by atomic mass is 16.6. The maximum atomic E-state index is 12.0. The maximum Gasteiger partial charge on any atom is 0.414 e. The van der Waals surface area contributed by atoms with Gasteiger partial charge in [-0.1, -0.05) is 0 Å². The van der Waals surface area contributed by atoms with Gasteiger partial charge in [-0.05, 0) is 33.8 Å². The number of ketones is 1. The zero-order valence-corrected chi connectivity index (χ0v) is 12.1. The molecule has 0 aliphatic carbocycles. The number of carbonyl (C=O) groups is 3. The normalized spacial score (nSPS) is 15.5. The van der Waals surface area contributed by atoms with Crippen LogP contribution in [0.5, 0.6) is 0 Å². The molecule has 0 atom stereocenters. The van der Waals surface area contributed by atoms with Crippen molar-refractivity contribution in [1.82, 2.24) is 4.90 Å². The smallest absolute Gasteiger partial charge is 0.414 e. The summed E-state index contributed by atoms with van der Waals surface area (Å²) in [6.07, 6.45) is 3.05. The number of hydrogen-bond donors (Lipinski definition) is 0. The van der Waals surface area contributed by atoms with Gasteiger partial charge in [-0.25, -0.2) is 9.59 Å². The monoisotopic (exact) mass is 281 g/mol. The summed E-state index contributed by atoms with van der Waals surface area (Å²) in [6.45, 7) is 7.01. The van der Waals surface area contributed by atoms with E-state index in [0.717, 1.165) is 0 Å². The number of carbonyl (C=O) groups excluding carboxylic acids is 3. The number of rotatable bonds is 2. The van der Waals surface area contributed by atoms with Gasteiger partial charge in [-0.3, -0.25) is 9.69 Å². The number of hydrogen-bond acceptors (Lipinski definition) is 5. The predicted octanol–water partition coefficient (Wildman–Crippen LogP) is 1.81. The van der Waals surface area contributed by atoms with E-state index in [1.165, 1.54) is 23.3 Å². The van der Waals surface area contributed by atoms with Gasteiger partial charge in [-0.15, -0.1) is 0 Å². The second-order valence-corrected chi connectivity index (χ2v) is 5.22. The highest BCUT2D eigenvalue weighted by Crippen LogP contribution is 2.14. The Labute approximate surface area is 118 Å². The van der Waals surface area contributed by atoms with Crippen LogP contribution in [0.3, 0.4) is 0 Å². The van der Waals surface area contributed by atoms with Crippen LogP contribution < -0.4 is 0 Å². The van der Waals surface area contributed by atoms with E-state index < -0.39 is 17.7 Å². The number of allylic oxidation sites excluding steroid dienone is 2. The zero-order valence-electron chi connectivity index (χ0n) is 12.1. The van der Waals surface area contributed by atoms with Crippen molar-refractivity contribution >= 4 is 17.8 Å². The van der Waals surface area contributed by atoms with Gasteiger partial charge in [0.05, 0.1) is 18.7 Å². The first kappa shape index (κ1) is 15.9. The third kappa shape index (κ3) is 4.87. The molecule has 20 heavy (non-hydrogen) atoms. The minimum absolute atomic E-state index is 0.0595. The molecule has 0 aromatic heterocycles. The largest absolute Gasteiger partial charge is 0.463 e. The molecule has 0 fully saturated rings. The molecule has 1 aliphatic heterocycles. The molecular formula is C14H19NO5. The van der Waals surface area contributed by atoms with Gasteiger partial charge in [0.25, 0.3) is 0 Å². The number of amides is 1. The van der Waals surface area contributed by atoms with Crippen molar-refractivity contribution in [2.75, 3.05) is 13.2 Å². The van der Waals surface area contributed by atoms with E-state index >= 15 is 0 Å². The van der Waals surface area contributed by atoms with Crippen molar-refractivity contribution in [2.45, 2.75) is 33.3 Å². The molecule has 1 heterocycles. The molecule has 0 aromatic carbocycles. The van der Waals surface area contributed by atoms with Crippen molar-refractivity contribution in [3.05, 3.63) is 23.9 Å². The predicted molar refractivity (Wildman–Crippen MR) is 71.8 cm³/mol. The van der Waals surface area contributed by atoms with Crippen LogP contribution in [0.25, 0.3) is 0 Å². The standard InChI is InChI=1S/C14H19NO5/c1-5-19-12(17)10-8-11(16)6-7-15(9-10)13(18)20-14(2,3)4/h6-8H,5,9H2,1-4H3. The summed E-state index contributed by atoms with van der Waals surface area (Å²) >= 11 is 0. The lowest BCUT2D eigenvalue weighted by molar-refractivity contribution is -0.138. The Kier molecular flexibility index (Phi) is 5.07. The Morgan fingerprint density at radius 1 is 1.35 bits per heavy atom. The average molecular weight is 281 g/mol. The van der Waals surface area contributed by atoms with E-state index in [2.05, 4.69) is 0 Å². The molecule has 6 nitrogen and oxygen atoms in total. The SMILES string of the molecule is CCOC(=O)C1=CC(=O)C=CN(C(=O)OC(C)(C)C)C1. The molecular weight excluding hydrogens is 262 g/mol. The molecule has 0 bridgehead atoms. The molecule has 0 N–H and O–H groups in total. The van der Waals surface area contributed by atoms with Crippen LogP contribution >= 0.6 is 0 Å². The Morgan fingerprint density at radius 2 is 2.00 bits per heavy atom. The highest BCUT2D eigenvalue weighted by molar-refractivity contribution is 6.06. The van der Waals surface area contributed by atoms with Crippen LogP contribution in [0.1, 0.15) is 27.7 Å². The van der Waals surface area contributed by atoms with Crippen LogP contribution in [0, 0.1) is 0 Å². The first-order valence-corrected chi connectivity index (χ1v) is 6.32. The molecule has 0 spiro atoms. The Morgan fingerprint density at radius 3 is 2.55 bits per heavy atom. The minimum atomic E-state index is -0.658. The number of ether oxygens (including phenoxy) is 2. The second kappa shape index (κ2) is 6.36. The van der Waals surface area contributed by atoms with Crippen molar-refractivity contribution in [1.29, 1.82) is 0 Å². The number of nitrogens with zero attached hydrogens (tertiary/aromatic N) is 1. The highest BCUT2D eigenvalue weighted by Gasteiger charge is 2.25. The van der Waals surface area contributed by atoms with Crippen LogP contribution in [-0.2, 0) is 19.1 Å². The molecule has 0 saturated carbocycles. The quantitative estimate of drug-likeness (QED) is 0.722. The van der Waals surface area contributed by atoms with Crippen molar-refractivity contribution in [3.8, 4) is 0 Å². The molecule has 0 unspecified atom stereocenters. The van der Waals surface area contributed by atoms with E-state index in [9.17, 15) is 14.4 Å². The first-order valence-electron chi connectivity index (χ1n) is 6.32. The molecule has 0 saturated heterocycles. The van der Waals surface area contributed by atoms with Crippen LogP contribution in [0.4, 0.5) is 4.79 Å². The summed E-state index contributed by atoms with van der Waals surface area (Å²) in [7, 11) is 0. The van der Waals surface area contributed by atoms with Gasteiger partial charge in [0.2, 0.25) is 0 Å². The third-order valence-electron chi connectivity index (χ3n) is 2.24. The third-order valence-corrected chi connectivity index (χ3v) is 2.24.